The molecule has 0 unspecified atom stereocenters. The van der Waals surface area contributed by atoms with Crippen LogP contribution in [0.4, 0.5) is 0 Å². The summed E-state index contributed by atoms with van der Waals surface area (Å²) in [6, 6.07) is 6.32. The van der Waals surface area contributed by atoms with Crippen LogP contribution < -0.4 is 4.74 Å². The molecule has 0 bridgehead atoms. The maximum absolute atomic E-state index is 12.4. The summed E-state index contributed by atoms with van der Waals surface area (Å²) >= 11 is 5.85. The number of pyridine rings is 1. The highest BCUT2D eigenvalue weighted by Gasteiger charge is 2.35. The first-order valence-corrected chi connectivity index (χ1v) is 9.83. The van der Waals surface area contributed by atoms with Gasteiger partial charge in [-0.3, -0.25) is 14.6 Å². The molecule has 3 rings (SSSR count). The Hall–Kier alpha value is -2.90. The number of methoxy groups -OCH3 is 1. The molecule has 0 atom stereocenters. The highest BCUT2D eigenvalue weighted by Crippen LogP contribution is 2.31. The van der Waals surface area contributed by atoms with Gasteiger partial charge in [0.15, 0.2) is 5.78 Å². The second-order valence-corrected chi connectivity index (χ2v) is 7.19. The SMILES string of the molecule is COC(=O)C1CC(OCCOc2cnccc2/C=C/C(=O)c2cccc(Cl)c2O)C1. The quantitative estimate of drug-likeness (QED) is 0.280. The fourth-order valence-electron chi connectivity index (χ4n) is 3.05. The van der Waals surface area contributed by atoms with Gasteiger partial charge in [-0.1, -0.05) is 17.7 Å². The Bertz CT molecular complexity index is 939. The largest absolute Gasteiger partial charge is 0.506 e. The zero-order valence-electron chi connectivity index (χ0n) is 16.4. The van der Waals surface area contributed by atoms with Gasteiger partial charge in [0.05, 0.1) is 42.5 Å². The lowest BCUT2D eigenvalue weighted by atomic mass is 9.82. The van der Waals surface area contributed by atoms with Crippen molar-refractivity contribution in [3.63, 3.8) is 0 Å². The number of phenols is 1. The predicted octanol–water partition coefficient (Wildman–Crippen LogP) is 3.68. The van der Waals surface area contributed by atoms with Crippen molar-refractivity contribution in [1.82, 2.24) is 4.98 Å². The number of ketones is 1. The highest BCUT2D eigenvalue weighted by atomic mass is 35.5. The van der Waals surface area contributed by atoms with Crippen molar-refractivity contribution >= 4 is 29.4 Å². The van der Waals surface area contributed by atoms with Crippen molar-refractivity contribution in [2.75, 3.05) is 20.3 Å². The summed E-state index contributed by atoms with van der Waals surface area (Å²) in [7, 11) is 1.38. The molecule has 1 saturated carbocycles. The molecule has 0 amide bonds. The molecular formula is C22H22ClNO6. The summed E-state index contributed by atoms with van der Waals surface area (Å²) in [5.41, 5.74) is 0.781. The summed E-state index contributed by atoms with van der Waals surface area (Å²) in [5, 5.41) is 10.1. The van der Waals surface area contributed by atoms with Crippen LogP contribution in [0.5, 0.6) is 11.5 Å². The van der Waals surface area contributed by atoms with Crippen molar-refractivity contribution < 1.29 is 28.9 Å². The molecule has 1 aromatic carbocycles. The Morgan fingerprint density at radius 1 is 1.27 bits per heavy atom. The third kappa shape index (κ3) is 5.37. The molecule has 1 aliphatic carbocycles. The number of ether oxygens (including phenoxy) is 3. The van der Waals surface area contributed by atoms with Crippen LogP contribution in [-0.4, -0.2) is 48.3 Å². The zero-order valence-corrected chi connectivity index (χ0v) is 17.2. The number of carbonyl (C=O) groups excluding carboxylic acids is 2. The van der Waals surface area contributed by atoms with Gasteiger partial charge < -0.3 is 19.3 Å². The maximum Gasteiger partial charge on any atom is 0.308 e. The molecule has 0 radical (unpaired) electrons. The van der Waals surface area contributed by atoms with E-state index in [1.54, 1.807) is 30.6 Å². The topological polar surface area (TPSA) is 95.0 Å². The number of hydrogen-bond donors (Lipinski definition) is 1. The van der Waals surface area contributed by atoms with Gasteiger partial charge >= 0.3 is 5.97 Å². The van der Waals surface area contributed by atoms with Gasteiger partial charge in [0.1, 0.15) is 18.1 Å². The molecule has 158 valence electrons. The average Bonchev–Trinajstić information content (AvgIpc) is 2.72. The summed E-state index contributed by atoms with van der Waals surface area (Å²) in [6.07, 6.45) is 7.43. The minimum atomic E-state index is -0.383. The second-order valence-electron chi connectivity index (χ2n) is 6.78. The first-order valence-electron chi connectivity index (χ1n) is 9.45. The molecule has 2 aromatic rings. The smallest absolute Gasteiger partial charge is 0.308 e. The lowest BCUT2D eigenvalue weighted by Gasteiger charge is -2.32. The third-order valence-electron chi connectivity index (χ3n) is 4.81. The maximum atomic E-state index is 12.4. The molecule has 0 spiro atoms. The standard InChI is InChI=1S/C22H22ClNO6/c1-28-22(27)15-11-16(12-15)29-9-10-30-20-13-24-8-7-14(20)5-6-19(25)17-3-2-4-18(23)21(17)26/h2-8,13,15-16,26H,9-12H2,1H3/b6-5+. The van der Waals surface area contributed by atoms with Crippen molar-refractivity contribution in [2.24, 2.45) is 5.92 Å². The Balaban J connectivity index is 1.51. The van der Waals surface area contributed by atoms with Gasteiger partial charge in [0.25, 0.3) is 0 Å². The molecule has 0 aliphatic heterocycles. The number of carbonyl (C=O) groups is 2. The third-order valence-corrected chi connectivity index (χ3v) is 5.11. The van der Waals surface area contributed by atoms with Crippen molar-refractivity contribution in [3.05, 3.63) is 58.9 Å². The minimum Gasteiger partial charge on any atom is -0.506 e. The minimum absolute atomic E-state index is 0.0361. The molecular weight excluding hydrogens is 410 g/mol. The van der Waals surface area contributed by atoms with Gasteiger partial charge in [-0.2, -0.15) is 0 Å². The van der Waals surface area contributed by atoms with Crippen LogP contribution in [0.3, 0.4) is 0 Å². The number of allylic oxidation sites excluding steroid dienone is 1. The molecule has 30 heavy (non-hydrogen) atoms. The van der Waals surface area contributed by atoms with Gasteiger partial charge in [-0.15, -0.1) is 0 Å². The van der Waals surface area contributed by atoms with Crippen molar-refractivity contribution in [1.29, 1.82) is 0 Å². The van der Waals surface area contributed by atoms with E-state index in [1.165, 1.54) is 25.3 Å². The van der Waals surface area contributed by atoms with Gasteiger partial charge in [0, 0.05) is 11.8 Å². The average molecular weight is 432 g/mol. The van der Waals surface area contributed by atoms with Crippen LogP contribution in [-0.2, 0) is 14.3 Å². The zero-order chi connectivity index (χ0) is 21.5. The number of aromatic nitrogens is 1. The van der Waals surface area contributed by atoms with E-state index in [4.69, 9.17) is 25.8 Å². The Morgan fingerprint density at radius 2 is 2.07 bits per heavy atom. The number of benzene rings is 1. The number of aromatic hydroxyl groups is 1. The Kier molecular flexibility index (Phi) is 7.43. The summed E-state index contributed by atoms with van der Waals surface area (Å²) in [4.78, 5) is 27.8. The fraction of sp³-hybridized carbons (Fsp3) is 0.318. The molecule has 0 saturated heterocycles. The van der Waals surface area contributed by atoms with E-state index in [0.717, 1.165) is 0 Å². The first kappa shape index (κ1) is 21.8. The lowest BCUT2D eigenvalue weighted by Crippen LogP contribution is -2.37. The molecule has 7 nitrogen and oxygen atoms in total. The van der Waals surface area contributed by atoms with E-state index in [2.05, 4.69) is 4.98 Å². The molecule has 1 fully saturated rings. The summed E-state index contributed by atoms with van der Waals surface area (Å²) in [6.45, 7) is 0.668. The van der Waals surface area contributed by atoms with Crippen LogP contribution in [0.15, 0.2) is 42.7 Å². The summed E-state index contributed by atoms with van der Waals surface area (Å²) in [5.74, 6) is -0.402. The number of halogens is 1. The van der Waals surface area contributed by atoms with Gasteiger partial charge in [-0.25, -0.2) is 0 Å². The van der Waals surface area contributed by atoms with Gasteiger partial charge in [0.2, 0.25) is 0 Å². The van der Waals surface area contributed by atoms with E-state index in [1.807, 2.05) is 0 Å². The second kappa shape index (κ2) is 10.2. The number of rotatable bonds is 9. The lowest BCUT2D eigenvalue weighted by molar-refractivity contribution is -0.155. The normalized spacial score (nSPS) is 18.1. The number of hydrogen-bond acceptors (Lipinski definition) is 7. The molecule has 8 heteroatoms. The van der Waals surface area contributed by atoms with E-state index in [9.17, 15) is 14.7 Å². The Labute approximate surface area is 179 Å². The van der Waals surface area contributed by atoms with E-state index < -0.39 is 0 Å². The van der Waals surface area contributed by atoms with Gasteiger partial charge in [-0.05, 0) is 43.2 Å². The van der Waals surface area contributed by atoms with Crippen molar-refractivity contribution in [3.8, 4) is 11.5 Å². The number of para-hydroxylation sites is 1. The molecule has 1 aromatic heterocycles. The van der Waals surface area contributed by atoms with E-state index in [-0.39, 0.29) is 40.1 Å². The molecule has 1 heterocycles. The van der Waals surface area contributed by atoms with Crippen LogP contribution in [0.1, 0.15) is 28.8 Å². The van der Waals surface area contributed by atoms with E-state index >= 15 is 0 Å². The number of nitrogens with zero attached hydrogens (tertiary/aromatic N) is 1. The van der Waals surface area contributed by atoms with Crippen LogP contribution in [0.25, 0.3) is 6.08 Å². The molecule has 1 aliphatic rings. The first-order chi connectivity index (χ1) is 14.5. The number of esters is 1. The predicted molar refractivity (Wildman–Crippen MR) is 111 cm³/mol. The summed E-state index contributed by atoms with van der Waals surface area (Å²) < 4.78 is 16.1. The van der Waals surface area contributed by atoms with Crippen molar-refractivity contribution in [2.45, 2.75) is 18.9 Å². The highest BCUT2D eigenvalue weighted by molar-refractivity contribution is 6.32. The Morgan fingerprint density at radius 3 is 2.83 bits per heavy atom. The monoisotopic (exact) mass is 431 g/mol. The fourth-order valence-corrected chi connectivity index (χ4v) is 3.22. The van der Waals surface area contributed by atoms with Crippen LogP contribution in [0, 0.1) is 5.92 Å². The van der Waals surface area contributed by atoms with Crippen LogP contribution in [0.2, 0.25) is 5.02 Å². The van der Waals surface area contributed by atoms with E-state index in [0.29, 0.717) is 37.4 Å². The number of phenolic OH excluding ortho intramolecular Hbond substituents is 1. The van der Waals surface area contributed by atoms with Crippen LogP contribution >= 0.6 is 11.6 Å². The molecule has 1 N–H and O–H groups in total.